The molecule has 0 aliphatic heterocycles. The molecule has 0 atom stereocenters. The Morgan fingerprint density at radius 3 is 2.60 bits per heavy atom. The van der Waals surface area contributed by atoms with E-state index in [0.29, 0.717) is 11.1 Å². The minimum Gasteiger partial charge on any atom is -0.381 e. The van der Waals surface area contributed by atoms with Gasteiger partial charge in [0.15, 0.2) is 0 Å². The average Bonchev–Trinajstić information content (AvgIpc) is 2.44. The van der Waals surface area contributed by atoms with Crippen LogP contribution in [0, 0.1) is 6.92 Å². The minimum atomic E-state index is -0.160. The Kier molecular flexibility index (Phi) is 5.26. The van der Waals surface area contributed by atoms with E-state index in [-0.39, 0.29) is 12.1 Å². The van der Waals surface area contributed by atoms with Crippen molar-refractivity contribution in [2.24, 2.45) is 0 Å². The fourth-order valence-corrected chi connectivity index (χ4v) is 2.64. The number of carbonyl (C=O) groups is 1. The Labute approximate surface area is 124 Å². The highest BCUT2D eigenvalue weighted by Gasteiger charge is 2.21. The summed E-state index contributed by atoms with van der Waals surface area (Å²) in [5.41, 5.74) is 1.71. The number of hydrogen-bond acceptors (Lipinski definition) is 2. The quantitative estimate of drug-likeness (QED) is 0.893. The molecule has 2 amide bonds. The van der Waals surface area contributed by atoms with E-state index in [1.165, 1.54) is 0 Å². The van der Waals surface area contributed by atoms with Gasteiger partial charge in [-0.25, -0.2) is 4.79 Å². The number of rotatable bonds is 3. The summed E-state index contributed by atoms with van der Waals surface area (Å²) in [7, 11) is 1.74. The maximum atomic E-state index is 11.9. The summed E-state index contributed by atoms with van der Waals surface area (Å²) in [5.74, 6) is 0. The molecule has 110 valence electrons. The summed E-state index contributed by atoms with van der Waals surface area (Å²) in [6, 6.07) is 5.53. The zero-order valence-electron chi connectivity index (χ0n) is 11.9. The predicted octanol–water partition coefficient (Wildman–Crippen LogP) is 3.73. The third-order valence-corrected chi connectivity index (χ3v) is 4.18. The fourth-order valence-electron chi connectivity index (χ4n) is 2.52. The van der Waals surface area contributed by atoms with Gasteiger partial charge in [-0.05, 0) is 56.4 Å². The second-order valence-electron chi connectivity index (χ2n) is 5.27. The van der Waals surface area contributed by atoms with Crippen molar-refractivity contribution in [3.05, 3.63) is 28.8 Å². The number of carbonyl (C=O) groups excluding carboxylic acids is 1. The van der Waals surface area contributed by atoms with Crippen LogP contribution in [0.4, 0.5) is 10.5 Å². The van der Waals surface area contributed by atoms with Gasteiger partial charge in [-0.3, -0.25) is 0 Å². The average molecular weight is 297 g/mol. The van der Waals surface area contributed by atoms with Crippen LogP contribution in [0.1, 0.15) is 31.2 Å². The first-order valence-electron chi connectivity index (χ1n) is 6.95. The Bertz CT molecular complexity index is 471. The van der Waals surface area contributed by atoms with Crippen LogP contribution in [-0.2, 0) is 4.74 Å². The maximum Gasteiger partial charge on any atom is 0.319 e. The first-order valence-corrected chi connectivity index (χ1v) is 7.32. The van der Waals surface area contributed by atoms with E-state index >= 15 is 0 Å². The highest BCUT2D eigenvalue weighted by atomic mass is 35.5. The first kappa shape index (κ1) is 15.1. The van der Waals surface area contributed by atoms with Crippen LogP contribution in [0.15, 0.2) is 18.2 Å². The van der Waals surface area contributed by atoms with E-state index in [0.717, 1.165) is 36.9 Å². The smallest absolute Gasteiger partial charge is 0.319 e. The molecular formula is C15H21ClN2O2. The highest BCUT2D eigenvalue weighted by Crippen LogP contribution is 2.21. The summed E-state index contributed by atoms with van der Waals surface area (Å²) in [6.07, 6.45) is 4.27. The molecule has 0 unspecified atom stereocenters. The summed E-state index contributed by atoms with van der Waals surface area (Å²) >= 11 is 5.96. The van der Waals surface area contributed by atoms with Gasteiger partial charge < -0.3 is 15.4 Å². The van der Waals surface area contributed by atoms with Gasteiger partial charge in [-0.2, -0.15) is 0 Å². The molecule has 0 spiro atoms. The van der Waals surface area contributed by atoms with Gasteiger partial charge in [0, 0.05) is 23.9 Å². The van der Waals surface area contributed by atoms with Crippen LogP contribution in [-0.4, -0.2) is 25.3 Å². The normalized spacial score (nSPS) is 22.4. The molecule has 20 heavy (non-hydrogen) atoms. The van der Waals surface area contributed by atoms with Gasteiger partial charge in [-0.15, -0.1) is 0 Å². The molecular weight excluding hydrogens is 276 g/mol. The molecule has 1 aromatic rings. The van der Waals surface area contributed by atoms with Crippen LogP contribution in [0.25, 0.3) is 0 Å². The summed E-state index contributed by atoms with van der Waals surface area (Å²) in [6.45, 7) is 1.91. The van der Waals surface area contributed by atoms with E-state index in [4.69, 9.17) is 16.3 Å². The summed E-state index contributed by atoms with van der Waals surface area (Å²) < 4.78 is 5.32. The van der Waals surface area contributed by atoms with Crippen LogP contribution < -0.4 is 10.6 Å². The number of anilines is 1. The molecule has 1 fully saturated rings. The van der Waals surface area contributed by atoms with Crippen molar-refractivity contribution in [3.8, 4) is 0 Å². The monoisotopic (exact) mass is 296 g/mol. The third-order valence-electron chi connectivity index (χ3n) is 3.76. The largest absolute Gasteiger partial charge is 0.381 e. The topological polar surface area (TPSA) is 50.4 Å². The van der Waals surface area contributed by atoms with Crippen molar-refractivity contribution in [2.75, 3.05) is 12.4 Å². The zero-order chi connectivity index (χ0) is 14.5. The lowest BCUT2D eigenvalue weighted by Crippen LogP contribution is -2.41. The molecule has 0 radical (unpaired) electrons. The molecule has 2 N–H and O–H groups in total. The molecule has 4 nitrogen and oxygen atoms in total. The molecule has 1 aliphatic carbocycles. The van der Waals surface area contributed by atoms with E-state index < -0.39 is 0 Å². The van der Waals surface area contributed by atoms with Crippen molar-refractivity contribution in [1.82, 2.24) is 5.32 Å². The molecule has 5 heteroatoms. The first-order chi connectivity index (χ1) is 9.58. The summed E-state index contributed by atoms with van der Waals surface area (Å²) in [5, 5.41) is 6.55. The fraction of sp³-hybridized carbons (Fsp3) is 0.533. The van der Waals surface area contributed by atoms with Crippen molar-refractivity contribution < 1.29 is 9.53 Å². The Morgan fingerprint density at radius 2 is 2.00 bits per heavy atom. The Balaban J connectivity index is 1.82. The zero-order valence-corrected chi connectivity index (χ0v) is 12.7. The molecule has 1 aliphatic rings. The number of methoxy groups -OCH3 is 1. The van der Waals surface area contributed by atoms with E-state index in [1.54, 1.807) is 19.2 Å². The lowest BCUT2D eigenvalue weighted by molar-refractivity contribution is 0.0638. The number of hydrogen-bond donors (Lipinski definition) is 2. The van der Waals surface area contributed by atoms with Crippen LogP contribution in [0.5, 0.6) is 0 Å². The number of aryl methyl sites for hydroxylation is 1. The number of nitrogens with one attached hydrogen (secondary N) is 2. The molecule has 0 saturated heterocycles. The SMILES string of the molecule is COC1CCC(NC(=O)Nc2ccc(Cl)c(C)c2)CC1. The second kappa shape index (κ2) is 6.95. The lowest BCUT2D eigenvalue weighted by Gasteiger charge is -2.28. The van der Waals surface area contributed by atoms with Crippen molar-refractivity contribution in [1.29, 1.82) is 0 Å². The number of ether oxygens (including phenoxy) is 1. The van der Waals surface area contributed by atoms with Crippen molar-refractivity contribution in [2.45, 2.75) is 44.8 Å². The van der Waals surface area contributed by atoms with E-state index in [2.05, 4.69) is 10.6 Å². The Hall–Kier alpha value is -1.26. The van der Waals surface area contributed by atoms with Crippen molar-refractivity contribution >= 4 is 23.3 Å². The molecule has 1 saturated carbocycles. The second-order valence-corrected chi connectivity index (χ2v) is 5.68. The number of halogens is 1. The van der Waals surface area contributed by atoms with Gasteiger partial charge in [0.1, 0.15) is 0 Å². The maximum absolute atomic E-state index is 11.9. The standard InChI is InChI=1S/C15H21ClN2O2/c1-10-9-12(5-8-14(10)16)18-15(19)17-11-3-6-13(20-2)7-4-11/h5,8-9,11,13H,3-4,6-7H2,1-2H3,(H2,17,18,19). The predicted molar refractivity (Wildman–Crippen MR) is 81.4 cm³/mol. The molecule has 2 rings (SSSR count). The van der Waals surface area contributed by atoms with Gasteiger partial charge in [-0.1, -0.05) is 11.6 Å². The van der Waals surface area contributed by atoms with Gasteiger partial charge in [0.05, 0.1) is 6.10 Å². The van der Waals surface area contributed by atoms with E-state index in [9.17, 15) is 4.79 Å². The van der Waals surface area contributed by atoms with Crippen LogP contribution in [0.2, 0.25) is 5.02 Å². The third kappa shape index (κ3) is 4.12. The number of benzene rings is 1. The van der Waals surface area contributed by atoms with Gasteiger partial charge in [0.25, 0.3) is 0 Å². The number of urea groups is 1. The van der Waals surface area contributed by atoms with Gasteiger partial charge >= 0.3 is 6.03 Å². The Morgan fingerprint density at radius 1 is 1.30 bits per heavy atom. The summed E-state index contributed by atoms with van der Waals surface area (Å²) in [4.78, 5) is 11.9. The molecule has 1 aromatic carbocycles. The van der Waals surface area contributed by atoms with E-state index in [1.807, 2.05) is 13.0 Å². The van der Waals surface area contributed by atoms with Crippen molar-refractivity contribution in [3.63, 3.8) is 0 Å². The van der Waals surface area contributed by atoms with Gasteiger partial charge in [0.2, 0.25) is 0 Å². The minimum absolute atomic E-state index is 0.160. The highest BCUT2D eigenvalue weighted by molar-refractivity contribution is 6.31. The van der Waals surface area contributed by atoms with Crippen LogP contribution >= 0.6 is 11.6 Å². The molecule has 0 aromatic heterocycles. The molecule has 0 heterocycles. The lowest BCUT2D eigenvalue weighted by atomic mass is 9.93. The molecule has 0 bridgehead atoms. The van der Waals surface area contributed by atoms with Crippen LogP contribution in [0.3, 0.4) is 0 Å². The number of amides is 2.